The van der Waals surface area contributed by atoms with Crippen molar-refractivity contribution in [2.45, 2.75) is 19.4 Å². The molecule has 2 heterocycles. The number of anilines is 1. The van der Waals surface area contributed by atoms with Gasteiger partial charge in [-0.3, -0.25) is 0 Å². The van der Waals surface area contributed by atoms with Crippen molar-refractivity contribution in [3.63, 3.8) is 0 Å². The SMILES string of the molecule is CC(C1CCOC1)n1c(N)nc2c(Cl)cccc21. The summed E-state index contributed by atoms with van der Waals surface area (Å²) in [5, 5.41) is 0.646. The van der Waals surface area contributed by atoms with Gasteiger partial charge in [0.05, 0.1) is 17.1 Å². The molecule has 5 heteroatoms. The lowest BCUT2D eigenvalue weighted by Crippen LogP contribution is -2.18. The Morgan fingerprint density at radius 1 is 1.56 bits per heavy atom. The number of nitrogen functional groups attached to an aromatic ring is 1. The summed E-state index contributed by atoms with van der Waals surface area (Å²) < 4.78 is 7.52. The van der Waals surface area contributed by atoms with Crippen LogP contribution < -0.4 is 5.73 Å². The van der Waals surface area contributed by atoms with Gasteiger partial charge in [0.2, 0.25) is 5.95 Å². The van der Waals surface area contributed by atoms with Crippen molar-refractivity contribution in [2.75, 3.05) is 18.9 Å². The summed E-state index contributed by atoms with van der Waals surface area (Å²) in [6, 6.07) is 6.05. The number of rotatable bonds is 2. The number of para-hydroxylation sites is 1. The average molecular weight is 266 g/mol. The van der Waals surface area contributed by atoms with Crippen LogP contribution >= 0.6 is 11.6 Å². The van der Waals surface area contributed by atoms with Crippen molar-refractivity contribution in [3.8, 4) is 0 Å². The van der Waals surface area contributed by atoms with E-state index >= 15 is 0 Å². The van der Waals surface area contributed by atoms with E-state index in [1.54, 1.807) is 0 Å². The van der Waals surface area contributed by atoms with Gasteiger partial charge < -0.3 is 15.0 Å². The monoisotopic (exact) mass is 265 g/mol. The molecule has 1 aromatic carbocycles. The summed E-state index contributed by atoms with van der Waals surface area (Å²) in [6.07, 6.45) is 1.07. The molecule has 18 heavy (non-hydrogen) atoms. The first-order chi connectivity index (χ1) is 8.68. The van der Waals surface area contributed by atoms with Crippen molar-refractivity contribution in [1.29, 1.82) is 0 Å². The van der Waals surface area contributed by atoms with Gasteiger partial charge >= 0.3 is 0 Å². The van der Waals surface area contributed by atoms with Crippen LogP contribution in [-0.4, -0.2) is 22.8 Å². The molecule has 1 aliphatic heterocycles. The smallest absolute Gasteiger partial charge is 0.201 e. The molecule has 0 saturated carbocycles. The van der Waals surface area contributed by atoms with Crippen molar-refractivity contribution in [2.24, 2.45) is 5.92 Å². The average Bonchev–Trinajstić information content (AvgIpc) is 2.96. The molecule has 1 saturated heterocycles. The number of nitrogens with zero attached hydrogens (tertiary/aromatic N) is 2. The van der Waals surface area contributed by atoms with Gasteiger partial charge in [0.15, 0.2) is 0 Å². The number of ether oxygens (including phenoxy) is 1. The van der Waals surface area contributed by atoms with Crippen LogP contribution in [0.5, 0.6) is 0 Å². The lowest BCUT2D eigenvalue weighted by Gasteiger charge is -2.21. The van der Waals surface area contributed by atoms with E-state index in [1.807, 2.05) is 18.2 Å². The maximum absolute atomic E-state index is 6.15. The largest absolute Gasteiger partial charge is 0.381 e. The predicted molar refractivity (Wildman–Crippen MR) is 72.8 cm³/mol. The van der Waals surface area contributed by atoms with Crippen molar-refractivity contribution < 1.29 is 4.74 Å². The first-order valence-electron chi connectivity index (χ1n) is 6.18. The second kappa shape index (κ2) is 4.44. The molecular weight excluding hydrogens is 250 g/mol. The minimum absolute atomic E-state index is 0.274. The Kier molecular flexibility index (Phi) is 2.92. The molecule has 2 N–H and O–H groups in total. The second-order valence-electron chi connectivity index (χ2n) is 4.81. The summed E-state index contributed by atoms with van der Waals surface area (Å²) in [7, 11) is 0. The Hall–Kier alpha value is -1.26. The number of benzene rings is 1. The topological polar surface area (TPSA) is 53.1 Å². The normalized spacial score (nSPS) is 21.6. The zero-order valence-corrected chi connectivity index (χ0v) is 11.0. The van der Waals surface area contributed by atoms with Gasteiger partial charge in [-0.25, -0.2) is 4.98 Å². The summed E-state index contributed by atoms with van der Waals surface area (Å²) in [5.74, 6) is 1.01. The third-order valence-electron chi connectivity index (χ3n) is 3.75. The van der Waals surface area contributed by atoms with Crippen LogP contribution in [0.1, 0.15) is 19.4 Å². The van der Waals surface area contributed by atoms with Crippen LogP contribution in [0.15, 0.2) is 18.2 Å². The fraction of sp³-hybridized carbons (Fsp3) is 0.462. The maximum atomic E-state index is 6.15. The molecule has 1 fully saturated rings. The Bertz CT molecular complexity index is 575. The fourth-order valence-electron chi connectivity index (χ4n) is 2.67. The molecule has 3 rings (SSSR count). The lowest BCUT2D eigenvalue weighted by atomic mass is 10.0. The van der Waals surface area contributed by atoms with Gasteiger partial charge in [-0.15, -0.1) is 0 Å². The third-order valence-corrected chi connectivity index (χ3v) is 4.06. The van der Waals surface area contributed by atoms with E-state index in [9.17, 15) is 0 Å². The Balaban J connectivity index is 2.10. The highest BCUT2D eigenvalue weighted by Crippen LogP contribution is 2.33. The van der Waals surface area contributed by atoms with Gasteiger partial charge in [-0.1, -0.05) is 17.7 Å². The highest BCUT2D eigenvalue weighted by Gasteiger charge is 2.26. The molecule has 2 aromatic rings. The molecule has 2 unspecified atom stereocenters. The number of halogens is 1. The van der Waals surface area contributed by atoms with Crippen LogP contribution in [-0.2, 0) is 4.74 Å². The molecule has 1 aromatic heterocycles. The Morgan fingerprint density at radius 3 is 3.11 bits per heavy atom. The van der Waals surface area contributed by atoms with Gasteiger partial charge in [-0.2, -0.15) is 0 Å². The number of hydrogen-bond acceptors (Lipinski definition) is 3. The summed E-state index contributed by atoms with van der Waals surface area (Å²) >= 11 is 6.15. The van der Waals surface area contributed by atoms with E-state index in [0.717, 1.165) is 30.7 Å². The molecule has 0 bridgehead atoms. The second-order valence-corrected chi connectivity index (χ2v) is 5.22. The summed E-state index contributed by atoms with van der Waals surface area (Å²) in [6.45, 7) is 3.79. The number of imidazole rings is 1. The van der Waals surface area contributed by atoms with Crippen LogP contribution in [0.4, 0.5) is 5.95 Å². The number of fused-ring (bicyclic) bond motifs is 1. The van der Waals surface area contributed by atoms with Crippen molar-refractivity contribution >= 4 is 28.6 Å². The zero-order chi connectivity index (χ0) is 12.7. The van der Waals surface area contributed by atoms with Gasteiger partial charge in [0, 0.05) is 18.6 Å². The van der Waals surface area contributed by atoms with Crippen LogP contribution in [0.25, 0.3) is 11.0 Å². The van der Waals surface area contributed by atoms with E-state index in [2.05, 4.69) is 16.5 Å². The van der Waals surface area contributed by atoms with Crippen molar-refractivity contribution in [1.82, 2.24) is 9.55 Å². The molecule has 1 aliphatic rings. The first-order valence-corrected chi connectivity index (χ1v) is 6.56. The minimum atomic E-state index is 0.274. The predicted octanol–water partition coefficient (Wildman–Crippen LogP) is 2.87. The Labute approximate surface area is 111 Å². The van der Waals surface area contributed by atoms with Crippen LogP contribution in [0.2, 0.25) is 5.02 Å². The fourth-order valence-corrected chi connectivity index (χ4v) is 2.88. The van der Waals surface area contributed by atoms with E-state index < -0.39 is 0 Å². The number of hydrogen-bond donors (Lipinski definition) is 1. The summed E-state index contributed by atoms with van der Waals surface area (Å²) in [4.78, 5) is 4.37. The molecule has 0 aliphatic carbocycles. The molecule has 96 valence electrons. The van der Waals surface area contributed by atoms with E-state index in [4.69, 9.17) is 22.1 Å². The maximum Gasteiger partial charge on any atom is 0.201 e. The quantitative estimate of drug-likeness (QED) is 0.908. The molecular formula is C13H16ClN3O. The van der Waals surface area contributed by atoms with Crippen LogP contribution in [0.3, 0.4) is 0 Å². The molecule has 0 spiro atoms. The van der Waals surface area contributed by atoms with Gasteiger partial charge in [0.1, 0.15) is 5.52 Å². The highest BCUT2D eigenvalue weighted by molar-refractivity contribution is 6.35. The van der Waals surface area contributed by atoms with Gasteiger partial charge in [-0.05, 0) is 25.5 Å². The zero-order valence-electron chi connectivity index (χ0n) is 10.3. The Morgan fingerprint density at radius 2 is 2.39 bits per heavy atom. The molecule has 0 radical (unpaired) electrons. The minimum Gasteiger partial charge on any atom is -0.381 e. The van der Waals surface area contributed by atoms with Gasteiger partial charge in [0.25, 0.3) is 0 Å². The van der Waals surface area contributed by atoms with E-state index in [1.165, 1.54) is 0 Å². The summed E-state index contributed by atoms with van der Waals surface area (Å²) in [5.41, 5.74) is 7.82. The lowest BCUT2D eigenvalue weighted by molar-refractivity contribution is 0.176. The standard InChI is InChI=1S/C13H16ClN3O/c1-8(9-5-6-18-7-9)17-11-4-2-3-10(14)12(11)16-13(17)15/h2-4,8-9H,5-7H2,1H3,(H2,15,16). The van der Waals surface area contributed by atoms with E-state index in [-0.39, 0.29) is 6.04 Å². The third kappa shape index (κ3) is 1.76. The first kappa shape index (κ1) is 11.8. The molecule has 2 atom stereocenters. The van der Waals surface area contributed by atoms with Crippen LogP contribution in [0, 0.1) is 5.92 Å². The van der Waals surface area contributed by atoms with Crippen molar-refractivity contribution in [3.05, 3.63) is 23.2 Å². The number of nitrogens with two attached hydrogens (primary N) is 1. The van der Waals surface area contributed by atoms with E-state index in [0.29, 0.717) is 16.9 Å². The molecule has 0 amide bonds. The number of aromatic nitrogens is 2. The highest BCUT2D eigenvalue weighted by atomic mass is 35.5. The molecule has 4 nitrogen and oxygen atoms in total.